The Morgan fingerprint density at radius 3 is 1.01 bits per heavy atom. The van der Waals surface area contributed by atoms with E-state index in [4.69, 9.17) is 4.85 Å². The lowest BCUT2D eigenvalue weighted by Crippen LogP contribution is -2.15. The maximum atomic E-state index is 12.8. The van der Waals surface area contributed by atoms with E-state index < -0.39 is 0 Å². The summed E-state index contributed by atoms with van der Waals surface area (Å²) < 4.78 is 9.35. The van der Waals surface area contributed by atoms with Crippen LogP contribution in [0.25, 0.3) is 137 Å². The van der Waals surface area contributed by atoms with Gasteiger partial charge in [-0.25, -0.2) is 4.85 Å². The summed E-state index contributed by atoms with van der Waals surface area (Å²) >= 11 is 0. The van der Waals surface area contributed by atoms with Crippen LogP contribution in [0.1, 0.15) is 55.5 Å². The van der Waals surface area contributed by atoms with Gasteiger partial charge < -0.3 is 18.3 Å². The molecule has 2 aliphatic rings. The van der Waals surface area contributed by atoms with Crippen molar-refractivity contribution < 1.29 is 0 Å². The van der Waals surface area contributed by atoms with Gasteiger partial charge in [0.2, 0.25) is 5.69 Å². The first-order chi connectivity index (χ1) is 39.2. The summed E-state index contributed by atoms with van der Waals surface area (Å²) in [6.45, 7) is 19.3. The van der Waals surface area contributed by atoms with Gasteiger partial charge in [0.1, 0.15) is 6.07 Å². The molecule has 0 spiro atoms. The van der Waals surface area contributed by atoms with E-state index in [0.717, 1.165) is 98.5 Å². The highest BCUT2D eigenvalue weighted by Crippen LogP contribution is 2.56. The van der Waals surface area contributed by atoms with Gasteiger partial charge in [0.05, 0.1) is 79.0 Å². The minimum Gasteiger partial charge on any atom is -0.317 e. The molecule has 4 aromatic heterocycles. The molecule has 0 amide bonds. The number of para-hydroxylation sites is 6. The van der Waals surface area contributed by atoms with E-state index >= 15 is 0 Å². The second-order valence-corrected chi connectivity index (χ2v) is 23.0. The Bertz CT molecular complexity index is 5140. The van der Waals surface area contributed by atoms with Crippen LogP contribution in [0.4, 0.5) is 5.69 Å². The molecule has 0 saturated carbocycles. The maximum absolute atomic E-state index is 12.8. The third-order valence-corrected chi connectivity index (χ3v) is 18.4. The van der Waals surface area contributed by atoms with Crippen LogP contribution in [0.3, 0.4) is 0 Å². The molecule has 0 atom stereocenters. The molecule has 0 N–H and O–H groups in total. The van der Waals surface area contributed by atoms with Crippen molar-refractivity contribution in [2.24, 2.45) is 0 Å². The van der Waals surface area contributed by atoms with Gasteiger partial charge in [-0.05, 0) is 105 Å². The summed E-state index contributed by atoms with van der Waals surface area (Å²) in [5, 5.41) is 21.4. The molecule has 374 valence electrons. The van der Waals surface area contributed by atoms with Crippen molar-refractivity contribution in [2.45, 2.75) is 38.5 Å². The molecule has 2 aliphatic carbocycles. The fraction of sp³-hybridized carbons (Fsp3) is 0.0811. The van der Waals surface area contributed by atoms with Gasteiger partial charge in [0.25, 0.3) is 0 Å². The molecule has 0 fully saturated rings. The van der Waals surface area contributed by atoms with E-state index in [1.807, 2.05) is 0 Å². The molecule has 17 rings (SSSR count). The molecule has 11 aromatic carbocycles. The van der Waals surface area contributed by atoms with Crippen molar-refractivity contribution in [3.05, 3.63) is 258 Å². The van der Waals surface area contributed by atoms with Crippen LogP contribution in [0.15, 0.2) is 218 Å². The molecule has 80 heavy (non-hydrogen) atoms. The summed E-state index contributed by atoms with van der Waals surface area (Å²) in [6, 6.07) is 81.7. The Morgan fingerprint density at radius 2 is 0.637 bits per heavy atom. The first-order valence-corrected chi connectivity index (χ1v) is 27.5. The lowest BCUT2D eigenvalue weighted by Gasteiger charge is -2.27. The van der Waals surface area contributed by atoms with Gasteiger partial charge in [-0.2, -0.15) is 5.26 Å². The molecule has 0 bridgehead atoms. The Morgan fingerprint density at radius 1 is 0.325 bits per heavy atom. The van der Waals surface area contributed by atoms with Gasteiger partial charge in [-0.3, -0.25) is 0 Å². The Hall–Kier alpha value is -10.4. The van der Waals surface area contributed by atoms with E-state index in [-0.39, 0.29) is 10.8 Å². The minimum absolute atomic E-state index is 0.251. The van der Waals surface area contributed by atoms with Crippen LogP contribution in [-0.2, 0) is 10.8 Å². The minimum atomic E-state index is -0.252. The average molecular weight is 1020 g/mol. The van der Waals surface area contributed by atoms with Crippen LogP contribution < -0.4 is 0 Å². The molecule has 4 heterocycles. The monoisotopic (exact) mass is 1020 g/mol. The van der Waals surface area contributed by atoms with E-state index in [2.05, 4.69) is 270 Å². The number of hydrogen-bond donors (Lipinski definition) is 0. The summed E-state index contributed by atoms with van der Waals surface area (Å²) in [5.41, 5.74) is 20.4. The standard InChI is InChI=1S/C74H48N6/c1-73(2)56-30-14-6-22-43(56)51-40-66-53(38-58(51)73)49-28-12-20-36-64(49)79(66)69-55(42-75)70(77-60-32-16-8-24-45(60)46-25-9-17-33-61(46)77)72(71(68(69)76-5)78-62-34-18-10-26-47(62)48-27-11-19-35-63(48)78)80-65-37-21-13-29-50(65)54-39-59-52(41-67(54)80)44-23-7-15-31-57(44)74(59,3)4/h6-41H,1-4H3. The van der Waals surface area contributed by atoms with E-state index in [9.17, 15) is 11.8 Å². The van der Waals surface area contributed by atoms with Crippen molar-refractivity contribution in [3.63, 3.8) is 0 Å². The van der Waals surface area contributed by atoms with Gasteiger partial charge >= 0.3 is 0 Å². The summed E-state index contributed by atoms with van der Waals surface area (Å²) in [6.07, 6.45) is 0. The third-order valence-electron chi connectivity index (χ3n) is 18.4. The molecule has 0 unspecified atom stereocenters. The summed E-state index contributed by atoms with van der Waals surface area (Å²) in [7, 11) is 0. The molecule has 0 radical (unpaired) electrons. The molecular formula is C74H48N6. The smallest absolute Gasteiger partial charge is 0.237 e. The van der Waals surface area contributed by atoms with Crippen LogP contribution in [0, 0.1) is 17.9 Å². The second-order valence-electron chi connectivity index (χ2n) is 23.0. The van der Waals surface area contributed by atoms with E-state index in [0.29, 0.717) is 28.3 Å². The normalized spacial score (nSPS) is 13.9. The number of rotatable bonds is 4. The highest BCUT2D eigenvalue weighted by Gasteiger charge is 2.40. The molecule has 6 nitrogen and oxygen atoms in total. The van der Waals surface area contributed by atoms with Crippen LogP contribution >= 0.6 is 0 Å². The zero-order valence-corrected chi connectivity index (χ0v) is 44.5. The Labute approximate surface area is 461 Å². The van der Waals surface area contributed by atoms with Gasteiger partial charge in [-0.1, -0.05) is 185 Å². The predicted molar refractivity (Wildman–Crippen MR) is 330 cm³/mol. The number of hydrogen-bond acceptors (Lipinski definition) is 1. The molecule has 6 heteroatoms. The average Bonchev–Trinajstić information content (AvgIpc) is 4.43. The van der Waals surface area contributed by atoms with Crippen LogP contribution in [-0.4, -0.2) is 18.3 Å². The van der Waals surface area contributed by atoms with Crippen molar-refractivity contribution in [2.75, 3.05) is 0 Å². The summed E-state index contributed by atoms with van der Waals surface area (Å²) in [5.74, 6) is 0. The maximum Gasteiger partial charge on any atom is 0.237 e. The Balaban J connectivity index is 1.16. The van der Waals surface area contributed by atoms with Crippen molar-refractivity contribution in [3.8, 4) is 51.1 Å². The fourth-order valence-electron chi connectivity index (χ4n) is 14.9. The van der Waals surface area contributed by atoms with Crippen molar-refractivity contribution in [1.82, 2.24) is 18.3 Å². The molecule has 0 saturated heterocycles. The first kappa shape index (κ1) is 44.7. The lowest BCUT2D eigenvalue weighted by atomic mass is 9.82. The molecule has 15 aromatic rings. The zero-order chi connectivity index (χ0) is 53.5. The Kier molecular flexibility index (Phi) is 8.74. The highest BCUT2D eigenvalue weighted by molar-refractivity contribution is 6.18. The SMILES string of the molecule is [C-]#[N+]c1c(-n2c3ccccc3c3cc4c(cc32)-c2ccccc2C4(C)C)c(C#N)c(-n2c3ccccc3c3ccccc32)c(-n2c3ccccc3c3cc4c(cc32)-c2ccccc2C4(C)C)c1-n1c2ccccc2c2ccccc21. The quantitative estimate of drug-likeness (QED) is 0.162. The predicted octanol–water partition coefficient (Wildman–Crippen LogP) is 19.1. The molecule has 0 aliphatic heterocycles. The largest absolute Gasteiger partial charge is 0.317 e. The number of nitrogens with zero attached hydrogens (tertiary/aromatic N) is 6. The summed E-state index contributed by atoms with van der Waals surface area (Å²) in [4.78, 5) is 4.87. The van der Waals surface area contributed by atoms with Crippen molar-refractivity contribution in [1.29, 1.82) is 5.26 Å². The van der Waals surface area contributed by atoms with Gasteiger partial charge in [0, 0.05) is 53.9 Å². The third kappa shape index (κ3) is 5.49. The number of benzene rings is 11. The van der Waals surface area contributed by atoms with E-state index in [1.54, 1.807) is 0 Å². The highest BCUT2D eigenvalue weighted by atomic mass is 15.1. The van der Waals surface area contributed by atoms with Crippen molar-refractivity contribution >= 4 is 92.9 Å². The van der Waals surface area contributed by atoms with Crippen LogP contribution in [0.5, 0.6) is 0 Å². The number of nitriles is 1. The first-order valence-electron chi connectivity index (χ1n) is 27.5. The van der Waals surface area contributed by atoms with Gasteiger partial charge in [0.15, 0.2) is 0 Å². The molecular weight excluding hydrogens is 973 g/mol. The fourth-order valence-corrected chi connectivity index (χ4v) is 14.9. The van der Waals surface area contributed by atoms with Crippen LogP contribution in [0.2, 0.25) is 0 Å². The lowest BCUT2D eigenvalue weighted by molar-refractivity contribution is 0.661. The number of fused-ring (bicyclic) bond motifs is 18. The zero-order valence-electron chi connectivity index (χ0n) is 44.5. The number of aromatic nitrogens is 4. The van der Waals surface area contributed by atoms with E-state index in [1.165, 1.54) is 38.9 Å². The van der Waals surface area contributed by atoms with Gasteiger partial charge in [-0.15, -0.1) is 0 Å². The topological polar surface area (TPSA) is 47.9 Å². The second kappa shape index (κ2) is 15.6.